The van der Waals surface area contributed by atoms with Crippen LogP contribution in [0.4, 0.5) is 0 Å². The molecule has 0 radical (unpaired) electrons. The highest BCUT2D eigenvalue weighted by Gasteiger charge is 2.27. The van der Waals surface area contributed by atoms with Crippen LogP contribution in [0, 0.1) is 23.7 Å². The molecule has 21 heavy (non-hydrogen) atoms. The summed E-state index contributed by atoms with van der Waals surface area (Å²) in [6.45, 7) is 8.11. The van der Waals surface area contributed by atoms with Crippen LogP contribution < -0.4 is 5.32 Å². The zero-order valence-electron chi connectivity index (χ0n) is 14.0. The van der Waals surface area contributed by atoms with Crippen molar-refractivity contribution in [2.24, 2.45) is 23.7 Å². The lowest BCUT2D eigenvalue weighted by molar-refractivity contribution is -0.129. The lowest BCUT2D eigenvalue weighted by Gasteiger charge is -2.31. The highest BCUT2D eigenvalue weighted by Crippen LogP contribution is 2.35. The van der Waals surface area contributed by atoms with Crippen LogP contribution >= 0.6 is 9.24 Å². The number of hydrogen-bond acceptors (Lipinski definition) is 2. The Morgan fingerprint density at radius 1 is 1.19 bits per heavy atom. The molecule has 4 unspecified atom stereocenters. The molecular weight excluding hydrogens is 281 g/mol. The van der Waals surface area contributed by atoms with Crippen LogP contribution in [0.2, 0.25) is 0 Å². The molecule has 3 nitrogen and oxygen atoms in total. The molecule has 4 heteroatoms. The van der Waals surface area contributed by atoms with Gasteiger partial charge in [0.1, 0.15) is 0 Å². The van der Waals surface area contributed by atoms with Crippen molar-refractivity contribution >= 4 is 20.9 Å². The fourth-order valence-electron chi connectivity index (χ4n) is 2.73. The van der Waals surface area contributed by atoms with Gasteiger partial charge in [0.2, 0.25) is 5.91 Å². The predicted molar refractivity (Wildman–Crippen MR) is 91.3 cm³/mol. The molecule has 0 saturated heterocycles. The van der Waals surface area contributed by atoms with Gasteiger partial charge in [-0.15, -0.1) is 9.24 Å². The molecule has 0 bridgehead atoms. The van der Waals surface area contributed by atoms with Crippen LogP contribution in [0.5, 0.6) is 0 Å². The fourth-order valence-corrected chi connectivity index (χ4v) is 2.94. The van der Waals surface area contributed by atoms with Gasteiger partial charge in [-0.1, -0.05) is 40.0 Å². The summed E-state index contributed by atoms with van der Waals surface area (Å²) in [6.07, 6.45) is 6.51. The van der Waals surface area contributed by atoms with E-state index in [1.165, 1.54) is 25.7 Å². The topological polar surface area (TPSA) is 46.2 Å². The van der Waals surface area contributed by atoms with Crippen molar-refractivity contribution in [2.75, 3.05) is 6.16 Å². The summed E-state index contributed by atoms with van der Waals surface area (Å²) in [5, 5.41) is 2.85. The Labute approximate surface area is 132 Å². The van der Waals surface area contributed by atoms with Gasteiger partial charge >= 0.3 is 0 Å². The number of hydrogen-bond donors (Lipinski definition) is 1. The lowest BCUT2D eigenvalue weighted by Crippen LogP contribution is -2.42. The second-order valence-electron chi connectivity index (χ2n) is 7.07. The van der Waals surface area contributed by atoms with Gasteiger partial charge in [0.25, 0.3) is 0 Å². The third-order valence-electron chi connectivity index (χ3n) is 4.91. The minimum atomic E-state index is -0.362. The summed E-state index contributed by atoms with van der Waals surface area (Å²) in [5.41, 5.74) is 0. The molecule has 0 spiro atoms. The Kier molecular flexibility index (Phi) is 7.87. The van der Waals surface area contributed by atoms with Gasteiger partial charge in [0.15, 0.2) is 5.78 Å². The molecule has 4 atom stereocenters. The van der Waals surface area contributed by atoms with E-state index >= 15 is 0 Å². The number of carbonyl (C=O) groups excluding carboxylic acids is 2. The van der Waals surface area contributed by atoms with Crippen molar-refractivity contribution < 1.29 is 9.59 Å². The van der Waals surface area contributed by atoms with Crippen LogP contribution in [0.15, 0.2) is 0 Å². The van der Waals surface area contributed by atoms with Gasteiger partial charge in [0.05, 0.1) is 6.04 Å². The van der Waals surface area contributed by atoms with Crippen LogP contribution in [0.3, 0.4) is 0 Å². The maximum absolute atomic E-state index is 12.4. The van der Waals surface area contributed by atoms with Crippen molar-refractivity contribution in [1.82, 2.24) is 5.32 Å². The zero-order chi connectivity index (χ0) is 16.0. The number of amides is 1. The summed E-state index contributed by atoms with van der Waals surface area (Å²) in [7, 11) is 2.57. The Bertz CT molecular complexity index is 353. The van der Waals surface area contributed by atoms with Gasteiger partial charge < -0.3 is 5.32 Å². The van der Waals surface area contributed by atoms with Gasteiger partial charge in [-0.3, -0.25) is 9.59 Å². The van der Waals surface area contributed by atoms with Crippen LogP contribution in [-0.4, -0.2) is 23.9 Å². The van der Waals surface area contributed by atoms with E-state index < -0.39 is 0 Å². The molecule has 0 aliphatic heterocycles. The molecule has 1 N–H and O–H groups in total. The number of Topliss-reactive ketones (excluding diaryl/α,β-unsaturated/α-hetero) is 1. The number of rotatable bonds is 9. The SMILES string of the molecule is CC(CP)C(=O)NC(C)C(=O)CC(CC1CCC1)C(C)C. The molecule has 1 aliphatic rings. The van der Waals surface area contributed by atoms with E-state index in [0.29, 0.717) is 18.3 Å². The molecular formula is C17H32NO2P. The predicted octanol–water partition coefficient (Wildman–Crippen LogP) is 3.42. The van der Waals surface area contributed by atoms with Gasteiger partial charge in [-0.25, -0.2) is 0 Å². The average molecular weight is 313 g/mol. The second-order valence-corrected chi connectivity index (χ2v) is 7.55. The standard InChI is InChI=1S/C17H32NO2P/c1-11(2)15(8-14-6-5-7-14)9-16(19)13(4)18-17(20)12(3)10-21/h11-15H,5-10,21H2,1-4H3,(H,18,20). The first-order chi connectivity index (χ1) is 9.85. The maximum atomic E-state index is 12.4. The first-order valence-electron chi connectivity index (χ1n) is 8.38. The van der Waals surface area contributed by atoms with Crippen molar-refractivity contribution in [3.05, 3.63) is 0 Å². The van der Waals surface area contributed by atoms with E-state index in [1.54, 1.807) is 0 Å². The molecule has 1 amide bonds. The van der Waals surface area contributed by atoms with E-state index in [9.17, 15) is 9.59 Å². The molecule has 0 aromatic heterocycles. The Morgan fingerprint density at radius 3 is 2.24 bits per heavy atom. The largest absolute Gasteiger partial charge is 0.346 e. The van der Waals surface area contributed by atoms with Gasteiger partial charge in [0, 0.05) is 12.3 Å². The highest BCUT2D eigenvalue weighted by molar-refractivity contribution is 7.16. The highest BCUT2D eigenvalue weighted by atomic mass is 31.0. The average Bonchev–Trinajstić information content (AvgIpc) is 2.39. The van der Waals surface area contributed by atoms with E-state index in [0.717, 1.165) is 12.1 Å². The molecule has 0 aromatic carbocycles. The zero-order valence-corrected chi connectivity index (χ0v) is 15.2. The second kappa shape index (κ2) is 8.88. The van der Waals surface area contributed by atoms with Crippen molar-refractivity contribution in [3.63, 3.8) is 0 Å². The van der Waals surface area contributed by atoms with Gasteiger partial charge in [-0.05, 0) is 37.3 Å². The van der Waals surface area contributed by atoms with Crippen molar-refractivity contribution in [3.8, 4) is 0 Å². The van der Waals surface area contributed by atoms with Crippen LogP contribution in [0.1, 0.15) is 59.8 Å². The van der Waals surface area contributed by atoms with Crippen LogP contribution in [0.25, 0.3) is 0 Å². The van der Waals surface area contributed by atoms with E-state index in [1.807, 2.05) is 13.8 Å². The third kappa shape index (κ3) is 6.06. The van der Waals surface area contributed by atoms with E-state index in [-0.39, 0.29) is 23.7 Å². The molecule has 1 aliphatic carbocycles. The minimum Gasteiger partial charge on any atom is -0.346 e. The summed E-state index contributed by atoms with van der Waals surface area (Å²) < 4.78 is 0. The van der Waals surface area contributed by atoms with Crippen molar-refractivity contribution in [1.29, 1.82) is 0 Å². The Morgan fingerprint density at radius 2 is 1.81 bits per heavy atom. The lowest BCUT2D eigenvalue weighted by atomic mass is 9.74. The minimum absolute atomic E-state index is 0.0223. The molecule has 1 saturated carbocycles. The maximum Gasteiger partial charge on any atom is 0.223 e. The normalized spacial score (nSPS) is 19.7. The van der Waals surface area contributed by atoms with Gasteiger partial charge in [-0.2, -0.15) is 0 Å². The first kappa shape index (κ1) is 18.6. The molecule has 0 heterocycles. The summed E-state index contributed by atoms with van der Waals surface area (Å²) in [4.78, 5) is 24.2. The number of carbonyl (C=O) groups is 2. The molecule has 1 rings (SSSR count). The number of nitrogens with one attached hydrogen (secondary N) is 1. The molecule has 0 aromatic rings. The quantitative estimate of drug-likeness (QED) is 0.663. The Hall–Kier alpha value is -0.430. The third-order valence-corrected chi connectivity index (χ3v) is 5.62. The molecule has 122 valence electrons. The summed E-state index contributed by atoms with van der Waals surface area (Å²) in [5.74, 6) is 1.92. The van der Waals surface area contributed by atoms with E-state index in [2.05, 4.69) is 28.4 Å². The Balaban J connectivity index is 2.45. The van der Waals surface area contributed by atoms with E-state index in [4.69, 9.17) is 0 Å². The molecule has 1 fully saturated rings. The fraction of sp³-hybridized carbons (Fsp3) is 0.882. The first-order valence-corrected chi connectivity index (χ1v) is 9.19. The monoisotopic (exact) mass is 313 g/mol. The summed E-state index contributed by atoms with van der Waals surface area (Å²) in [6, 6.07) is -0.362. The summed E-state index contributed by atoms with van der Waals surface area (Å²) >= 11 is 0. The van der Waals surface area contributed by atoms with Crippen LogP contribution in [-0.2, 0) is 9.59 Å². The number of ketones is 1. The smallest absolute Gasteiger partial charge is 0.223 e. The van der Waals surface area contributed by atoms with Crippen molar-refractivity contribution in [2.45, 2.75) is 65.8 Å².